The van der Waals surface area contributed by atoms with E-state index >= 15 is 0 Å². The van der Waals surface area contributed by atoms with Crippen LogP contribution in [0.4, 0.5) is 0 Å². The van der Waals surface area contributed by atoms with Gasteiger partial charge in [-0.05, 0) is 23.6 Å². The maximum Gasteiger partial charge on any atom is 0.231 e. The Kier molecular flexibility index (Phi) is 2.49. The Morgan fingerprint density at radius 2 is 2.33 bits per heavy atom. The molecule has 1 aliphatic rings. The van der Waals surface area contributed by atoms with E-state index in [1.807, 2.05) is 6.92 Å². The van der Waals surface area contributed by atoms with Gasteiger partial charge in [-0.3, -0.25) is 0 Å². The second-order valence-electron chi connectivity index (χ2n) is 3.58. The first kappa shape index (κ1) is 9.83. The molecule has 80 valence electrons. The highest BCUT2D eigenvalue weighted by atomic mass is 16.7. The Bertz CT molecular complexity index is 386. The molecule has 4 heteroatoms. The van der Waals surface area contributed by atoms with Gasteiger partial charge in [-0.2, -0.15) is 0 Å². The topological polar surface area (TPSA) is 55.8 Å². The zero-order valence-electron chi connectivity index (χ0n) is 8.40. The van der Waals surface area contributed by atoms with Gasteiger partial charge in [-0.25, -0.2) is 0 Å². The van der Waals surface area contributed by atoms with Crippen molar-refractivity contribution in [2.24, 2.45) is 0 Å². The van der Waals surface area contributed by atoms with Gasteiger partial charge < -0.3 is 19.4 Å². The van der Waals surface area contributed by atoms with Crippen LogP contribution in [0.1, 0.15) is 24.8 Å². The van der Waals surface area contributed by atoms with Crippen LogP contribution in [0.15, 0.2) is 12.1 Å². The van der Waals surface area contributed by atoms with Crippen LogP contribution in [0.3, 0.4) is 0 Å². The van der Waals surface area contributed by atoms with Crippen LogP contribution in [0.2, 0.25) is 0 Å². The number of carbonyl (C=O) groups excluding carboxylic acids is 1. The number of hydrogen-bond acceptors (Lipinski definition) is 4. The van der Waals surface area contributed by atoms with Gasteiger partial charge in [0.15, 0.2) is 11.5 Å². The Balaban J connectivity index is 2.34. The number of fused-ring (bicyclic) bond motifs is 1. The van der Waals surface area contributed by atoms with Crippen molar-refractivity contribution < 1.29 is 19.4 Å². The van der Waals surface area contributed by atoms with Gasteiger partial charge in [0.25, 0.3) is 0 Å². The molecular weight excluding hydrogens is 196 g/mol. The molecule has 15 heavy (non-hydrogen) atoms. The van der Waals surface area contributed by atoms with E-state index in [1.54, 1.807) is 12.1 Å². The quantitative estimate of drug-likeness (QED) is 0.770. The summed E-state index contributed by atoms with van der Waals surface area (Å²) >= 11 is 0. The summed E-state index contributed by atoms with van der Waals surface area (Å²) in [6.45, 7) is 2.06. The number of rotatable bonds is 3. The van der Waals surface area contributed by atoms with Crippen molar-refractivity contribution in [3.63, 3.8) is 0 Å². The van der Waals surface area contributed by atoms with Crippen LogP contribution in [0.5, 0.6) is 17.2 Å². The molecule has 1 aromatic rings. The van der Waals surface area contributed by atoms with Gasteiger partial charge in [0.05, 0.1) is 0 Å². The lowest BCUT2D eigenvalue weighted by molar-refractivity contribution is -0.108. The van der Waals surface area contributed by atoms with Crippen LogP contribution in [0.25, 0.3) is 0 Å². The second-order valence-corrected chi connectivity index (χ2v) is 3.58. The average molecular weight is 208 g/mol. The summed E-state index contributed by atoms with van der Waals surface area (Å²) < 4.78 is 10.3. The third kappa shape index (κ3) is 1.75. The van der Waals surface area contributed by atoms with Crippen molar-refractivity contribution in [2.75, 3.05) is 6.79 Å². The summed E-state index contributed by atoms with van der Waals surface area (Å²) in [7, 11) is 0. The van der Waals surface area contributed by atoms with Crippen LogP contribution in [0, 0.1) is 0 Å². The zero-order valence-corrected chi connectivity index (χ0v) is 8.40. The summed E-state index contributed by atoms with van der Waals surface area (Å²) in [5.74, 6) is 1.07. The molecule has 0 aromatic heterocycles. The average Bonchev–Trinajstić information content (AvgIpc) is 2.66. The molecule has 0 bridgehead atoms. The van der Waals surface area contributed by atoms with Crippen molar-refractivity contribution in [1.82, 2.24) is 0 Å². The van der Waals surface area contributed by atoms with E-state index in [9.17, 15) is 9.90 Å². The third-order valence-corrected chi connectivity index (χ3v) is 2.49. The third-order valence-electron chi connectivity index (χ3n) is 2.49. The van der Waals surface area contributed by atoms with E-state index in [0.29, 0.717) is 17.9 Å². The van der Waals surface area contributed by atoms with Crippen LogP contribution in [-0.4, -0.2) is 18.2 Å². The van der Waals surface area contributed by atoms with Gasteiger partial charge in [-0.1, -0.05) is 6.92 Å². The molecule has 4 nitrogen and oxygen atoms in total. The van der Waals surface area contributed by atoms with Crippen LogP contribution >= 0.6 is 0 Å². The van der Waals surface area contributed by atoms with Crippen LogP contribution in [-0.2, 0) is 4.79 Å². The van der Waals surface area contributed by atoms with E-state index in [4.69, 9.17) is 9.47 Å². The molecule has 1 heterocycles. The van der Waals surface area contributed by atoms with E-state index in [0.717, 1.165) is 11.8 Å². The van der Waals surface area contributed by atoms with E-state index < -0.39 is 0 Å². The lowest BCUT2D eigenvalue weighted by Crippen LogP contribution is -1.94. The zero-order chi connectivity index (χ0) is 10.8. The predicted molar refractivity (Wildman–Crippen MR) is 53.3 cm³/mol. The molecular formula is C11H12O4. The first-order valence-corrected chi connectivity index (χ1v) is 4.78. The molecule has 0 amide bonds. The molecule has 0 radical (unpaired) electrons. The Hall–Kier alpha value is -1.71. The highest BCUT2D eigenvalue weighted by molar-refractivity contribution is 5.57. The summed E-state index contributed by atoms with van der Waals surface area (Å²) in [5, 5.41) is 9.64. The number of carbonyl (C=O) groups is 1. The molecule has 0 fully saturated rings. The highest BCUT2D eigenvalue weighted by Gasteiger charge is 2.20. The number of hydrogen-bond donors (Lipinski definition) is 1. The van der Waals surface area contributed by atoms with Crippen molar-refractivity contribution >= 4 is 6.29 Å². The maximum atomic E-state index is 10.4. The molecule has 1 unspecified atom stereocenters. The smallest absolute Gasteiger partial charge is 0.231 e. The number of benzene rings is 1. The first-order chi connectivity index (χ1) is 7.22. The molecule has 0 spiro atoms. The lowest BCUT2D eigenvalue weighted by atomic mass is 9.98. The molecule has 1 aliphatic heterocycles. The van der Waals surface area contributed by atoms with Gasteiger partial charge in [0.1, 0.15) is 6.29 Å². The highest BCUT2D eigenvalue weighted by Crippen LogP contribution is 2.42. The molecule has 1 atom stereocenters. The van der Waals surface area contributed by atoms with Crippen molar-refractivity contribution in [3.8, 4) is 17.2 Å². The van der Waals surface area contributed by atoms with E-state index in [1.165, 1.54) is 0 Å². The first-order valence-electron chi connectivity index (χ1n) is 4.78. The lowest BCUT2D eigenvalue weighted by Gasteiger charge is -2.09. The summed E-state index contributed by atoms with van der Waals surface area (Å²) in [4.78, 5) is 10.4. The largest absolute Gasteiger partial charge is 0.504 e. The minimum absolute atomic E-state index is 0.0674. The molecule has 0 saturated carbocycles. The van der Waals surface area contributed by atoms with Crippen molar-refractivity contribution in [3.05, 3.63) is 17.7 Å². The van der Waals surface area contributed by atoms with Crippen molar-refractivity contribution in [1.29, 1.82) is 0 Å². The van der Waals surface area contributed by atoms with E-state index in [2.05, 4.69) is 0 Å². The van der Waals surface area contributed by atoms with Crippen LogP contribution < -0.4 is 9.47 Å². The van der Waals surface area contributed by atoms with Gasteiger partial charge >= 0.3 is 0 Å². The number of ether oxygens (including phenoxy) is 2. The number of aldehydes is 1. The standard InChI is InChI=1S/C11H12O4/c1-7(2-3-12)8-4-9(13)11-10(5-8)14-6-15-11/h3-5,7,13H,2,6H2,1H3. The van der Waals surface area contributed by atoms with Gasteiger partial charge in [0, 0.05) is 6.42 Å². The number of aromatic hydroxyl groups is 1. The minimum atomic E-state index is 0.0674. The van der Waals surface area contributed by atoms with Gasteiger partial charge in [-0.15, -0.1) is 0 Å². The molecule has 2 rings (SSSR count). The Labute approximate surface area is 87.4 Å². The van der Waals surface area contributed by atoms with E-state index in [-0.39, 0.29) is 18.5 Å². The predicted octanol–water partition coefficient (Wildman–Crippen LogP) is 1.81. The fourth-order valence-corrected chi connectivity index (χ4v) is 1.58. The molecule has 0 aliphatic carbocycles. The molecule has 1 N–H and O–H groups in total. The number of phenols is 1. The number of phenolic OH excluding ortho intramolecular Hbond substituents is 1. The van der Waals surface area contributed by atoms with Crippen molar-refractivity contribution in [2.45, 2.75) is 19.3 Å². The van der Waals surface area contributed by atoms with Gasteiger partial charge in [0.2, 0.25) is 12.5 Å². The molecule has 0 saturated heterocycles. The maximum absolute atomic E-state index is 10.4. The minimum Gasteiger partial charge on any atom is -0.504 e. The Morgan fingerprint density at radius 3 is 3.07 bits per heavy atom. The summed E-state index contributed by atoms with van der Waals surface area (Å²) in [6, 6.07) is 3.41. The Morgan fingerprint density at radius 1 is 1.53 bits per heavy atom. The fraction of sp³-hybridized carbons (Fsp3) is 0.364. The molecule has 1 aromatic carbocycles. The summed E-state index contributed by atoms with van der Waals surface area (Å²) in [6.07, 6.45) is 1.30. The SMILES string of the molecule is CC(CC=O)c1cc(O)c2c(c1)OCO2. The second kappa shape index (κ2) is 3.81. The normalized spacial score (nSPS) is 15.0. The monoisotopic (exact) mass is 208 g/mol. The summed E-state index contributed by atoms with van der Waals surface area (Å²) in [5.41, 5.74) is 0.879. The fourth-order valence-electron chi connectivity index (χ4n) is 1.58.